The molecular formula is C16H36N4O. The van der Waals surface area contributed by atoms with E-state index < -0.39 is 0 Å². The van der Waals surface area contributed by atoms with Crippen LogP contribution < -0.4 is 10.6 Å². The number of aliphatic imine (C=N–C) groups is 1. The van der Waals surface area contributed by atoms with Crippen LogP contribution in [0.5, 0.6) is 0 Å². The summed E-state index contributed by atoms with van der Waals surface area (Å²) >= 11 is 0. The molecule has 21 heavy (non-hydrogen) atoms. The van der Waals surface area contributed by atoms with Crippen molar-refractivity contribution in [1.29, 1.82) is 0 Å². The lowest BCUT2D eigenvalue weighted by atomic mass is 10.2. The molecule has 0 heterocycles. The van der Waals surface area contributed by atoms with Gasteiger partial charge in [0.15, 0.2) is 5.96 Å². The van der Waals surface area contributed by atoms with Crippen LogP contribution in [0.15, 0.2) is 4.99 Å². The van der Waals surface area contributed by atoms with Crippen LogP contribution in [0.4, 0.5) is 0 Å². The Morgan fingerprint density at radius 3 is 2.48 bits per heavy atom. The Labute approximate surface area is 131 Å². The van der Waals surface area contributed by atoms with Gasteiger partial charge in [0.1, 0.15) is 0 Å². The number of nitrogens with zero attached hydrogens (tertiary/aromatic N) is 2. The summed E-state index contributed by atoms with van der Waals surface area (Å²) in [4.78, 5) is 6.58. The van der Waals surface area contributed by atoms with E-state index in [1.165, 1.54) is 12.8 Å². The van der Waals surface area contributed by atoms with E-state index in [2.05, 4.69) is 48.3 Å². The van der Waals surface area contributed by atoms with E-state index in [0.29, 0.717) is 5.92 Å². The average molecular weight is 300 g/mol. The van der Waals surface area contributed by atoms with Crippen LogP contribution in [0.1, 0.15) is 40.0 Å². The Hall–Kier alpha value is -0.810. The number of rotatable bonds is 12. The lowest BCUT2D eigenvalue weighted by Gasteiger charge is -2.18. The number of unbranched alkanes of at least 4 members (excludes halogenated alkanes) is 1. The Kier molecular flexibility index (Phi) is 13.6. The summed E-state index contributed by atoms with van der Waals surface area (Å²) in [5.74, 6) is 1.49. The minimum Gasteiger partial charge on any atom is -0.381 e. The second-order valence-corrected chi connectivity index (χ2v) is 5.90. The highest BCUT2D eigenvalue weighted by Gasteiger charge is 2.00. The zero-order valence-electron chi connectivity index (χ0n) is 14.7. The van der Waals surface area contributed by atoms with Crippen LogP contribution in [0.25, 0.3) is 0 Å². The summed E-state index contributed by atoms with van der Waals surface area (Å²) in [5.41, 5.74) is 0. The maximum Gasteiger partial charge on any atom is 0.191 e. The van der Waals surface area contributed by atoms with Gasteiger partial charge < -0.3 is 20.3 Å². The number of guanidine groups is 1. The fourth-order valence-corrected chi connectivity index (χ4v) is 1.83. The first-order valence-electron chi connectivity index (χ1n) is 8.31. The van der Waals surface area contributed by atoms with E-state index in [1.807, 2.05) is 7.05 Å². The molecule has 0 saturated heterocycles. The Balaban J connectivity index is 3.54. The zero-order valence-corrected chi connectivity index (χ0v) is 14.7. The number of hydrogen-bond acceptors (Lipinski definition) is 3. The fourth-order valence-electron chi connectivity index (χ4n) is 1.83. The molecule has 0 atom stereocenters. The van der Waals surface area contributed by atoms with Crippen molar-refractivity contribution in [1.82, 2.24) is 15.5 Å². The minimum atomic E-state index is 0.608. The van der Waals surface area contributed by atoms with Crippen molar-refractivity contribution < 1.29 is 4.74 Å². The van der Waals surface area contributed by atoms with Crippen molar-refractivity contribution in [3.63, 3.8) is 0 Å². The van der Waals surface area contributed by atoms with E-state index >= 15 is 0 Å². The third-order valence-corrected chi connectivity index (χ3v) is 3.11. The molecule has 0 aromatic heterocycles. The standard InChI is InChI=1S/C16H36N4O/c1-6-7-11-20(5)12-10-19-16(17-4)18-9-8-13-21-14-15(2)3/h15H,6-14H2,1-5H3,(H2,17,18,19). The first-order valence-corrected chi connectivity index (χ1v) is 8.31. The maximum atomic E-state index is 5.55. The summed E-state index contributed by atoms with van der Waals surface area (Å²) in [5, 5.41) is 6.66. The largest absolute Gasteiger partial charge is 0.381 e. The van der Waals surface area contributed by atoms with E-state index in [9.17, 15) is 0 Å². The van der Waals surface area contributed by atoms with Crippen molar-refractivity contribution in [3.8, 4) is 0 Å². The normalized spacial score (nSPS) is 12.2. The van der Waals surface area contributed by atoms with Crippen molar-refractivity contribution in [2.75, 3.05) is 53.5 Å². The molecule has 0 aliphatic carbocycles. The highest BCUT2D eigenvalue weighted by molar-refractivity contribution is 5.79. The topological polar surface area (TPSA) is 48.9 Å². The van der Waals surface area contributed by atoms with E-state index in [-0.39, 0.29) is 0 Å². The van der Waals surface area contributed by atoms with Crippen LogP contribution in [0.3, 0.4) is 0 Å². The van der Waals surface area contributed by atoms with Crippen LogP contribution in [-0.2, 0) is 4.74 Å². The predicted molar refractivity (Wildman–Crippen MR) is 92.0 cm³/mol. The maximum absolute atomic E-state index is 5.55. The first kappa shape index (κ1) is 20.2. The Morgan fingerprint density at radius 1 is 1.14 bits per heavy atom. The highest BCUT2D eigenvalue weighted by atomic mass is 16.5. The van der Waals surface area contributed by atoms with Gasteiger partial charge in [0.05, 0.1) is 0 Å². The summed E-state index contributed by atoms with van der Waals surface area (Å²) < 4.78 is 5.55. The Morgan fingerprint density at radius 2 is 1.86 bits per heavy atom. The molecule has 0 fully saturated rings. The minimum absolute atomic E-state index is 0.608. The van der Waals surface area contributed by atoms with Crippen molar-refractivity contribution in [2.45, 2.75) is 40.0 Å². The number of ether oxygens (including phenoxy) is 1. The second-order valence-electron chi connectivity index (χ2n) is 5.90. The molecule has 0 aromatic carbocycles. The smallest absolute Gasteiger partial charge is 0.191 e. The lowest BCUT2D eigenvalue weighted by Crippen LogP contribution is -2.41. The van der Waals surface area contributed by atoms with Gasteiger partial charge in [-0.15, -0.1) is 0 Å². The molecule has 0 saturated carbocycles. The summed E-state index contributed by atoms with van der Waals surface area (Å²) in [6, 6.07) is 0. The molecule has 0 aliphatic rings. The molecule has 0 amide bonds. The van der Waals surface area contributed by atoms with Gasteiger partial charge in [-0.3, -0.25) is 4.99 Å². The van der Waals surface area contributed by atoms with Gasteiger partial charge in [0, 0.05) is 39.9 Å². The summed E-state index contributed by atoms with van der Waals surface area (Å²) in [7, 11) is 3.98. The molecule has 5 heteroatoms. The molecule has 0 radical (unpaired) electrons. The third-order valence-electron chi connectivity index (χ3n) is 3.11. The molecule has 5 nitrogen and oxygen atoms in total. The Bertz CT molecular complexity index is 257. The van der Waals surface area contributed by atoms with Crippen molar-refractivity contribution in [3.05, 3.63) is 0 Å². The zero-order chi connectivity index (χ0) is 15.9. The van der Waals surface area contributed by atoms with E-state index in [0.717, 1.165) is 51.8 Å². The molecule has 0 rings (SSSR count). The monoisotopic (exact) mass is 300 g/mol. The second kappa shape index (κ2) is 14.1. The summed E-state index contributed by atoms with van der Waals surface area (Å²) in [6.07, 6.45) is 3.52. The number of likely N-dealkylation sites (N-methyl/N-ethyl adjacent to an activating group) is 1. The van der Waals surface area contributed by atoms with Gasteiger partial charge in [0.2, 0.25) is 0 Å². The fraction of sp³-hybridized carbons (Fsp3) is 0.938. The van der Waals surface area contributed by atoms with Crippen LogP contribution in [0.2, 0.25) is 0 Å². The molecule has 0 unspecified atom stereocenters. The number of hydrogen-bond donors (Lipinski definition) is 2. The van der Waals surface area contributed by atoms with Crippen molar-refractivity contribution in [2.24, 2.45) is 10.9 Å². The predicted octanol–water partition coefficient (Wildman–Crippen LogP) is 1.95. The van der Waals surface area contributed by atoms with Crippen molar-refractivity contribution >= 4 is 5.96 Å². The first-order chi connectivity index (χ1) is 10.1. The molecule has 0 aliphatic heterocycles. The third kappa shape index (κ3) is 13.9. The average Bonchev–Trinajstić information content (AvgIpc) is 2.46. The molecule has 0 spiro atoms. The highest BCUT2D eigenvalue weighted by Crippen LogP contribution is 1.93. The summed E-state index contributed by atoms with van der Waals surface area (Å²) in [6.45, 7) is 12.2. The quantitative estimate of drug-likeness (QED) is 0.328. The van der Waals surface area contributed by atoms with Gasteiger partial charge in [-0.2, -0.15) is 0 Å². The molecular weight excluding hydrogens is 264 g/mol. The van der Waals surface area contributed by atoms with Gasteiger partial charge in [0.25, 0.3) is 0 Å². The van der Waals surface area contributed by atoms with E-state index in [1.54, 1.807) is 0 Å². The SMILES string of the molecule is CCCCN(C)CCNC(=NC)NCCCOCC(C)C. The van der Waals surface area contributed by atoms with E-state index in [4.69, 9.17) is 4.74 Å². The van der Waals surface area contributed by atoms with Gasteiger partial charge >= 0.3 is 0 Å². The lowest BCUT2D eigenvalue weighted by molar-refractivity contribution is 0.108. The van der Waals surface area contributed by atoms with Gasteiger partial charge in [-0.05, 0) is 32.4 Å². The van der Waals surface area contributed by atoms with Crippen LogP contribution in [0, 0.1) is 5.92 Å². The van der Waals surface area contributed by atoms with Gasteiger partial charge in [-0.25, -0.2) is 0 Å². The molecule has 0 aromatic rings. The van der Waals surface area contributed by atoms with Crippen LogP contribution in [-0.4, -0.2) is 64.3 Å². The number of nitrogens with one attached hydrogen (secondary N) is 2. The van der Waals surface area contributed by atoms with Gasteiger partial charge in [-0.1, -0.05) is 27.2 Å². The van der Waals surface area contributed by atoms with Crippen LogP contribution >= 0.6 is 0 Å². The molecule has 0 bridgehead atoms. The molecule has 2 N–H and O–H groups in total. The molecule has 126 valence electrons.